The number of carbonyl (C=O) groups excluding carboxylic acids is 2. The number of nitrogens with zero attached hydrogens (tertiary/aromatic N) is 1. The number of hydrogen-bond acceptors (Lipinski definition) is 5. The Balaban J connectivity index is 1.46. The molecular weight excluding hydrogens is 344 g/mol. The SMILES string of the molecule is O=C(NCc1cccs1)[C@@H]1CN(C(=O)c2cccs2)[C@H]2CCO[C@H]12. The van der Waals surface area contributed by atoms with Crippen LogP contribution < -0.4 is 5.32 Å². The van der Waals surface area contributed by atoms with E-state index in [1.807, 2.05) is 39.9 Å². The van der Waals surface area contributed by atoms with E-state index < -0.39 is 0 Å². The lowest BCUT2D eigenvalue weighted by Gasteiger charge is -2.21. The van der Waals surface area contributed by atoms with Crippen molar-refractivity contribution < 1.29 is 14.3 Å². The molecule has 24 heavy (non-hydrogen) atoms. The van der Waals surface area contributed by atoms with Gasteiger partial charge >= 0.3 is 0 Å². The summed E-state index contributed by atoms with van der Waals surface area (Å²) in [6, 6.07) is 7.70. The molecule has 4 rings (SSSR count). The highest BCUT2D eigenvalue weighted by Gasteiger charge is 2.50. The van der Waals surface area contributed by atoms with Crippen LogP contribution >= 0.6 is 22.7 Å². The lowest BCUT2D eigenvalue weighted by atomic mass is 10.0. The molecule has 2 aliphatic heterocycles. The Morgan fingerprint density at radius 1 is 1.25 bits per heavy atom. The minimum Gasteiger partial charge on any atom is -0.375 e. The second-order valence-electron chi connectivity index (χ2n) is 6.03. The molecule has 2 amide bonds. The molecule has 126 valence electrons. The van der Waals surface area contributed by atoms with Gasteiger partial charge in [-0.05, 0) is 29.3 Å². The molecule has 0 aliphatic carbocycles. The lowest BCUT2D eigenvalue weighted by molar-refractivity contribution is -0.127. The normalized spacial score (nSPS) is 25.7. The Kier molecular flexibility index (Phi) is 4.39. The molecule has 0 radical (unpaired) electrons. The number of ether oxygens (including phenoxy) is 1. The van der Waals surface area contributed by atoms with Crippen LogP contribution in [0.5, 0.6) is 0 Å². The molecule has 5 nitrogen and oxygen atoms in total. The van der Waals surface area contributed by atoms with E-state index in [0.29, 0.717) is 19.7 Å². The molecule has 3 atom stereocenters. The third-order valence-electron chi connectivity index (χ3n) is 4.64. The number of carbonyl (C=O) groups is 2. The molecule has 0 bridgehead atoms. The topological polar surface area (TPSA) is 58.6 Å². The van der Waals surface area contributed by atoms with Gasteiger partial charge < -0.3 is 15.0 Å². The summed E-state index contributed by atoms with van der Waals surface area (Å²) in [5.41, 5.74) is 0. The summed E-state index contributed by atoms with van der Waals surface area (Å²) in [4.78, 5) is 29.0. The van der Waals surface area contributed by atoms with Gasteiger partial charge in [-0.2, -0.15) is 0 Å². The van der Waals surface area contributed by atoms with Crippen LogP contribution in [0.25, 0.3) is 0 Å². The Morgan fingerprint density at radius 3 is 2.83 bits per heavy atom. The molecule has 2 aromatic rings. The van der Waals surface area contributed by atoms with E-state index in [2.05, 4.69) is 5.32 Å². The molecule has 4 heterocycles. The Bertz CT molecular complexity index is 714. The fourth-order valence-corrected chi connectivity index (χ4v) is 4.82. The van der Waals surface area contributed by atoms with Crippen LogP contribution in [0, 0.1) is 5.92 Å². The first-order valence-electron chi connectivity index (χ1n) is 8.00. The molecule has 2 aliphatic rings. The highest BCUT2D eigenvalue weighted by atomic mass is 32.1. The van der Waals surface area contributed by atoms with E-state index in [1.165, 1.54) is 11.3 Å². The quantitative estimate of drug-likeness (QED) is 0.908. The Morgan fingerprint density at radius 2 is 2.08 bits per heavy atom. The zero-order valence-corrected chi connectivity index (χ0v) is 14.6. The molecule has 0 saturated carbocycles. The predicted octanol–water partition coefficient (Wildman–Crippen LogP) is 2.36. The van der Waals surface area contributed by atoms with Crippen molar-refractivity contribution in [2.75, 3.05) is 13.2 Å². The molecular formula is C17H18N2O3S2. The molecule has 0 aromatic carbocycles. The first-order chi connectivity index (χ1) is 11.7. The van der Waals surface area contributed by atoms with E-state index in [0.717, 1.165) is 16.2 Å². The monoisotopic (exact) mass is 362 g/mol. The highest BCUT2D eigenvalue weighted by molar-refractivity contribution is 7.12. The summed E-state index contributed by atoms with van der Waals surface area (Å²) in [5.74, 6) is -0.304. The fourth-order valence-electron chi connectivity index (χ4n) is 3.49. The maximum absolute atomic E-state index is 12.7. The zero-order valence-electron chi connectivity index (χ0n) is 13.0. The fraction of sp³-hybridized carbons (Fsp3) is 0.412. The van der Waals surface area contributed by atoms with E-state index >= 15 is 0 Å². The van der Waals surface area contributed by atoms with Gasteiger partial charge in [0.1, 0.15) is 0 Å². The Hall–Kier alpha value is -1.70. The number of fused-ring (bicyclic) bond motifs is 1. The van der Waals surface area contributed by atoms with Crippen molar-refractivity contribution in [1.82, 2.24) is 10.2 Å². The van der Waals surface area contributed by atoms with Crippen molar-refractivity contribution in [3.8, 4) is 0 Å². The van der Waals surface area contributed by atoms with Crippen molar-refractivity contribution in [3.05, 3.63) is 44.8 Å². The second kappa shape index (κ2) is 6.66. The van der Waals surface area contributed by atoms with Crippen molar-refractivity contribution in [3.63, 3.8) is 0 Å². The third-order valence-corrected chi connectivity index (χ3v) is 6.37. The zero-order chi connectivity index (χ0) is 16.5. The van der Waals surface area contributed by atoms with Crippen molar-refractivity contribution in [2.24, 2.45) is 5.92 Å². The smallest absolute Gasteiger partial charge is 0.264 e. The van der Waals surface area contributed by atoms with Crippen LogP contribution in [0.4, 0.5) is 0 Å². The van der Waals surface area contributed by atoms with Crippen molar-refractivity contribution >= 4 is 34.5 Å². The molecule has 0 unspecified atom stereocenters. The summed E-state index contributed by atoms with van der Waals surface area (Å²) in [7, 11) is 0. The maximum atomic E-state index is 12.7. The van der Waals surface area contributed by atoms with Crippen LogP contribution in [-0.2, 0) is 16.1 Å². The van der Waals surface area contributed by atoms with Crippen LogP contribution in [0.1, 0.15) is 21.0 Å². The van der Waals surface area contributed by atoms with Gasteiger partial charge in [0.2, 0.25) is 5.91 Å². The largest absolute Gasteiger partial charge is 0.375 e. The highest BCUT2D eigenvalue weighted by Crippen LogP contribution is 2.35. The van der Waals surface area contributed by atoms with E-state index in [4.69, 9.17) is 4.74 Å². The summed E-state index contributed by atoms with van der Waals surface area (Å²) < 4.78 is 5.80. The van der Waals surface area contributed by atoms with Crippen LogP contribution in [-0.4, -0.2) is 42.0 Å². The van der Waals surface area contributed by atoms with Gasteiger partial charge in [-0.25, -0.2) is 0 Å². The van der Waals surface area contributed by atoms with E-state index in [9.17, 15) is 9.59 Å². The average Bonchev–Trinajstić information content (AvgIpc) is 3.37. The number of nitrogens with one attached hydrogen (secondary N) is 1. The van der Waals surface area contributed by atoms with Crippen LogP contribution in [0.3, 0.4) is 0 Å². The van der Waals surface area contributed by atoms with E-state index in [-0.39, 0.29) is 29.9 Å². The first kappa shape index (κ1) is 15.8. The summed E-state index contributed by atoms with van der Waals surface area (Å²) >= 11 is 3.06. The molecule has 0 spiro atoms. The van der Waals surface area contributed by atoms with Gasteiger partial charge in [0.25, 0.3) is 5.91 Å². The summed E-state index contributed by atoms with van der Waals surface area (Å²) in [5, 5.41) is 6.88. The van der Waals surface area contributed by atoms with Gasteiger partial charge in [-0.3, -0.25) is 9.59 Å². The number of likely N-dealkylation sites (tertiary alicyclic amines) is 1. The summed E-state index contributed by atoms with van der Waals surface area (Å²) in [6.45, 7) is 1.57. The second-order valence-corrected chi connectivity index (χ2v) is 8.01. The van der Waals surface area contributed by atoms with Gasteiger partial charge in [-0.15, -0.1) is 22.7 Å². The average molecular weight is 362 g/mol. The first-order valence-corrected chi connectivity index (χ1v) is 9.76. The maximum Gasteiger partial charge on any atom is 0.264 e. The standard InChI is InChI=1S/C17H18N2O3S2/c20-16(18-9-11-3-1-7-23-11)12-10-19(13-5-6-22-15(12)13)17(21)14-4-2-8-24-14/h1-4,7-8,12-13,15H,5-6,9-10H2,(H,18,20)/t12-,13+,15-/m1/s1. The molecule has 2 aromatic heterocycles. The predicted molar refractivity (Wildman–Crippen MR) is 93.2 cm³/mol. The van der Waals surface area contributed by atoms with Crippen molar-refractivity contribution in [1.29, 1.82) is 0 Å². The van der Waals surface area contributed by atoms with E-state index in [1.54, 1.807) is 11.3 Å². The van der Waals surface area contributed by atoms with Crippen LogP contribution in [0.15, 0.2) is 35.0 Å². The number of thiophene rings is 2. The van der Waals surface area contributed by atoms with Gasteiger partial charge in [0.05, 0.1) is 29.5 Å². The number of hydrogen-bond donors (Lipinski definition) is 1. The molecule has 7 heteroatoms. The van der Waals surface area contributed by atoms with Crippen molar-refractivity contribution in [2.45, 2.75) is 25.1 Å². The number of amides is 2. The van der Waals surface area contributed by atoms with Gasteiger partial charge in [0, 0.05) is 18.0 Å². The van der Waals surface area contributed by atoms with Crippen LogP contribution in [0.2, 0.25) is 0 Å². The number of rotatable bonds is 4. The molecule has 2 fully saturated rings. The lowest BCUT2D eigenvalue weighted by Crippen LogP contribution is -2.37. The minimum absolute atomic E-state index is 0.0112. The summed E-state index contributed by atoms with van der Waals surface area (Å²) in [6.07, 6.45) is 0.619. The molecule has 1 N–H and O–H groups in total. The minimum atomic E-state index is -0.290. The molecule has 2 saturated heterocycles. The van der Waals surface area contributed by atoms with Gasteiger partial charge in [-0.1, -0.05) is 12.1 Å². The van der Waals surface area contributed by atoms with Gasteiger partial charge in [0.15, 0.2) is 0 Å². The third kappa shape index (κ3) is 2.87. The Labute approximate surface area is 148 Å².